The van der Waals surface area contributed by atoms with E-state index in [0.717, 1.165) is 17.7 Å². The SMILES string of the molecule is CC[NH+]1CC2=C(OC(N)=C(C#N)[C@@H]2c2cccc(F)c2)/C(=C/c2cccc(F)c2)C1. The van der Waals surface area contributed by atoms with Gasteiger partial charge in [-0.3, -0.25) is 0 Å². The van der Waals surface area contributed by atoms with Gasteiger partial charge < -0.3 is 15.4 Å². The van der Waals surface area contributed by atoms with E-state index in [4.69, 9.17) is 10.5 Å². The lowest BCUT2D eigenvalue weighted by atomic mass is 9.80. The van der Waals surface area contributed by atoms with Crippen LogP contribution in [0.2, 0.25) is 0 Å². The van der Waals surface area contributed by atoms with Crippen LogP contribution in [0.4, 0.5) is 8.78 Å². The van der Waals surface area contributed by atoms with Gasteiger partial charge in [-0.1, -0.05) is 24.3 Å². The molecule has 0 amide bonds. The summed E-state index contributed by atoms with van der Waals surface area (Å²) in [5.74, 6) is -0.546. The van der Waals surface area contributed by atoms with Gasteiger partial charge in [0.05, 0.1) is 12.5 Å². The third-order valence-corrected chi connectivity index (χ3v) is 5.57. The summed E-state index contributed by atoms with van der Waals surface area (Å²) in [6.07, 6.45) is 1.89. The smallest absolute Gasteiger partial charge is 0.205 e. The molecule has 0 spiro atoms. The lowest BCUT2D eigenvalue weighted by Crippen LogP contribution is -3.12. The van der Waals surface area contributed by atoms with Crippen molar-refractivity contribution in [3.63, 3.8) is 0 Å². The topological polar surface area (TPSA) is 63.5 Å². The molecule has 30 heavy (non-hydrogen) atoms. The first-order valence-corrected chi connectivity index (χ1v) is 9.86. The van der Waals surface area contributed by atoms with Crippen molar-refractivity contribution in [3.8, 4) is 6.07 Å². The molecule has 4 rings (SSSR count). The molecule has 0 bridgehead atoms. The summed E-state index contributed by atoms with van der Waals surface area (Å²) in [5, 5.41) is 9.76. The van der Waals surface area contributed by atoms with E-state index < -0.39 is 5.92 Å². The first-order valence-electron chi connectivity index (χ1n) is 9.86. The molecule has 2 aromatic carbocycles. The number of nitrogens with two attached hydrogens (primary N) is 1. The summed E-state index contributed by atoms with van der Waals surface area (Å²) in [5.41, 5.74) is 9.54. The van der Waals surface area contributed by atoms with Crippen LogP contribution in [-0.4, -0.2) is 19.6 Å². The Bertz CT molecular complexity index is 1130. The molecule has 0 aromatic heterocycles. The molecule has 2 atom stereocenters. The summed E-state index contributed by atoms with van der Waals surface area (Å²) in [7, 11) is 0. The fraction of sp³-hybridized carbons (Fsp3) is 0.208. The molecule has 3 N–H and O–H groups in total. The van der Waals surface area contributed by atoms with E-state index >= 15 is 0 Å². The Hall–Kier alpha value is -3.43. The molecule has 0 fully saturated rings. The van der Waals surface area contributed by atoms with Crippen molar-refractivity contribution in [2.24, 2.45) is 5.73 Å². The highest BCUT2D eigenvalue weighted by Gasteiger charge is 2.39. The zero-order chi connectivity index (χ0) is 21.3. The van der Waals surface area contributed by atoms with E-state index in [-0.39, 0.29) is 23.1 Å². The van der Waals surface area contributed by atoms with Gasteiger partial charge in [-0.15, -0.1) is 0 Å². The van der Waals surface area contributed by atoms with Crippen LogP contribution >= 0.6 is 0 Å². The number of ether oxygens (including phenoxy) is 1. The number of quaternary nitrogens is 1. The maximum absolute atomic E-state index is 14.0. The molecule has 2 aliphatic rings. The first kappa shape index (κ1) is 19.9. The highest BCUT2D eigenvalue weighted by Crippen LogP contribution is 2.41. The predicted molar refractivity (Wildman–Crippen MR) is 110 cm³/mol. The molecular weight excluding hydrogens is 384 g/mol. The molecule has 152 valence electrons. The molecule has 0 radical (unpaired) electrons. The first-order chi connectivity index (χ1) is 14.5. The van der Waals surface area contributed by atoms with Crippen LogP contribution in [0.5, 0.6) is 0 Å². The van der Waals surface area contributed by atoms with Gasteiger partial charge in [-0.05, 0) is 48.4 Å². The number of allylic oxidation sites excluding steroid dienone is 1. The zero-order valence-corrected chi connectivity index (χ0v) is 16.6. The number of benzene rings is 2. The van der Waals surface area contributed by atoms with Crippen LogP contribution in [0.3, 0.4) is 0 Å². The summed E-state index contributed by atoms with van der Waals surface area (Å²) >= 11 is 0. The number of nitrogens with one attached hydrogen (secondary N) is 1. The molecule has 0 aliphatic carbocycles. The van der Waals surface area contributed by atoms with Crippen LogP contribution in [-0.2, 0) is 4.74 Å². The van der Waals surface area contributed by atoms with Gasteiger partial charge in [-0.25, -0.2) is 8.78 Å². The van der Waals surface area contributed by atoms with Crippen molar-refractivity contribution in [1.29, 1.82) is 5.26 Å². The van der Waals surface area contributed by atoms with Gasteiger partial charge in [0.2, 0.25) is 5.88 Å². The van der Waals surface area contributed by atoms with Crippen molar-refractivity contribution in [2.75, 3.05) is 19.6 Å². The maximum Gasteiger partial charge on any atom is 0.205 e. The van der Waals surface area contributed by atoms with Crippen molar-refractivity contribution in [2.45, 2.75) is 12.8 Å². The maximum atomic E-state index is 14.0. The summed E-state index contributed by atoms with van der Waals surface area (Å²) in [6.45, 7) is 4.26. The quantitative estimate of drug-likeness (QED) is 0.824. The van der Waals surface area contributed by atoms with Crippen LogP contribution < -0.4 is 10.6 Å². The third kappa shape index (κ3) is 3.72. The molecule has 0 saturated carbocycles. The Morgan fingerprint density at radius 3 is 2.57 bits per heavy atom. The third-order valence-electron chi connectivity index (χ3n) is 5.57. The fourth-order valence-corrected chi connectivity index (χ4v) is 4.15. The second kappa shape index (κ2) is 8.13. The standard InChI is InChI=1S/C24H21F2N3O/c1-2-29-13-17(9-15-5-3-7-18(25)10-15)23-21(14-29)22(20(12-27)24(28)30-23)16-6-4-8-19(26)11-16/h3-11,22H,2,13-14,28H2,1H3/p+1/b17-9+/t22-/m0/s1. The van der Waals surface area contributed by atoms with Crippen molar-refractivity contribution in [3.05, 3.63) is 99.7 Å². The molecule has 6 heteroatoms. The minimum absolute atomic E-state index is 0.0237. The van der Waals surface area contributed by atoms with Crippen LogP contribution in [0.25, 0.3) is 6.08 Å². The normalized spacial score (nSPS) is 22.5. The van der Waals surface area contributed by atoms with Crippen molar-refractivity contribution in [1.82, 2.24) is 0 Å². The van der Waals surface area contributed by atoms with E-state index in [0.29, 0.717) is 30.0 Å². The number of hydrogen-bond acceptors (Lipinski definition) is 3. The highest BCUT2D eigenvalue weighted by molar-refractivity contribution is 5.62. The van der Waals surface area contributed by atoms with Gasteiger partial charge in [0.15, 0.2) is 0 Å². The monoisotopic (exact) mass is 406 g/mol. The summed E-state index contributed by atoms with van der Waals surface area (Å²) in [4.78, 5) is 1.26. The molecule has 1 unspecified atom stereocenters. The van der Waals surface area contributed by atoms with Gasteiger partial charge in [0.1, 0.15) is 42.1 Å². The van der Waals surface area contributed by atoms with Crippen LogP contribution in [0.1, 0.15) is 24.0 Å². The van der Waals surface area contributed by atoms with Crippen molar-refractivity contribution >= 4 is 6.08 Å². The number of nitriles is 1. The Balaban J connectivity index is 1.89. The minimum atomic E-state index is -0.479. The summed E-state index contributed by atoms with van der Waals surface area (Å²) < 4.78 is 33.6. The Kier molecular flexibility index (Phi) is 5.39. The lowest BCUT2D eigenvalue weighted by molar-refractivity contribution is -0.890. The average Bonchev–Trinajstić information content (AvgIpc) is 2.73. The van der Waals surface area contributed by atoms with Gasteiger partial charge in [-0.2, -0.15) is 5.26 Å². The van der Waals surface area contributed by atoms with E-state index in [9.17, 15) is 14.0 Å². The van der Waals surface area contributed by atoms with E-state index in [2.05, 4.69) is 13.0 Å². The minimum Gasteiger partial charge on any atom is -0.440 e. The predicted octanol–water partition coefficient (Wildman–Crippen LogP) is 3.03. The second-order valence-corrected chi connectivity index (χ2v) is 7.52. The molecule has 2 aliphatic heterocycles. The fourth-order valence-electron chi connectivity index (χ4n) is 4.15. The number of likely N-dealkylation sites (N-methyl/N-ethyl adjacent to an activating group) is 1. The highest BCUT2D eigenvalue weighted by atomic mass is 19.1. The lowest BCUT2D eigenvalue weighted by Gasteiger charge is -2.36. The molecule has 2 aromatic rings. The molecule has 2 heterocycles. The Morgan fingerprint density at radius 2 is 1.90 bits per heavy atom. The van der Waals surface area contributed by atoms with E-state index in [1.807, 2.05) is 12.1 Å². The second-order valence-electron chi connectivity index (χ2n) is 7.52. The molecule has 4 nitrogen and oxygen atoms in total. The number of halogens is 2. The number of nitrogens with zero attached hydrogens (tertiary/aromatic N) is 1. The van der Waals surface area contributed by atoms with Gasteiger partial charge >= 0.3 is 0 Å². The Labute approximate surface area is 174 Å². The largest absolute Gasteiger partial charge is 0.440 e. The van der Waals surface area contributed by atoms with Gasteiger partial charge in [0.25, 0.3) is 0 Å². The summed E-state index contributed by atoms with van der Waals surface area (Å²) in [6, 6.07) is 14.7. The average molecular weight is 406 g/mol. The van der Waals surface area contributed by atoms with E-state index in [1.165, 1.54) is 29.2 Å². The van der Waals surface area contributed by atoms with Gasteiger partial charge in [0, 0.05) is 11.1 Å². The number of hydrogen-bond donors (Lipinski definition) is 2. The Morgan fingerprint density at radius 1 is 1.17 bits per heavy atom. The molecule has 0 saturated heterocycles. The molecular formula is C24H22F2N3O+. The van der Waals surface area contributed by atoms with Crippen LogP contribution in [0.15, 0.2) is 76.9 Å². The van der Waals surface area contributed by atoms with Crippen LogP contribution in [0, 0.1) is 23.0 Å². The zero-order valence-electron chi connectivity index (χ0n) is 16.6. The van der Waals surface area contributed by atoms with E-state index in [1.54, 1.807) is 18.2 Å². The number of rotatable bonds is 3. The van der Waals surface area contributed by atoms with Crippen molar-refractivity contribution < 1.29 is 18.4 Å².